The third kappa shape index (κ3) is 28.9. The van der Waals surface area contributed by atoms with E-state index in [1.807, 2.05) is 102 Å². The highest BCUT2D eigenvalue weighted by atomic mass is 32.2. The van der Waals surface area contributed by atoms with Crippen LogP contribution in [0.1, 0.15) is 120 Å². The molecule has 9 rings (SSSR count). The van der Waals surface area contributed by atoms with Crippen LogP contribution in [-0.4, -0.2) is 290 Å². The number of piperidine rings is 1. The molecule has 1 N–H and O–H groups in total. The van der Waals surface area contributed by atoms with E-state index >= 15 is 0 Å². The van der Waals surface area contributed by atoms with Crippen molar-refractivity contribution in [3.05, 3.63) is 36.5 Å². The highest BCUT2D eigenvalue weighted by Crippen LogP contribution is 2.23. The van der Waals surface area contributed by atoms with E-state index in [1.54, 1.807) is 67.2 Å². The summed E-state index contributed by atoms with van der Waals surface area (Å²) in [5, 5.41) is 6.10. The summed E-state index contributed by atoms with van der Waals surface area (Å²) >= 11 is 3.56. The summed E-state index contributed by atoms with van der Waals surface area (Å²) in [4.78, 5) is 102. The molecule has 0 bridgehead atoms. The Labute approximate surface area is 511 Å². The van der Waals surface area contributed by atoms with Gasteiger partial charge in [-0.05, 0) is 176 Å². The van der Waals surface area contributed by atoms with Gasteiger partial charge in [0.2, 0.25) is 0 Å². The van der Waals surface area contributed by atoms with Gasteiger partial charge in [-0.25, -0.2) is 15.0 Å². The average molecular weight is 1200 g/mol. The quantitative estimate of drug-likeness (QED) is 0.292. The molecule has 19 nitrogen and oxygen atoms in total. The number of hydrogen-bond acceptors (Lipinski definition) is 21. The van der Waals surface area contributed by atoms with Crippen LogP contribution >= 0.6 is 23.5 Å². The van der Waals surface area contributed by atoms with Gasteiger partial charge < -0.3 is 0 Å². The third-order valence-electron chi connectivity index (χ3n) is 16.5. The Morgan fingerprint density at radius 1 is 0.446 bits per heavy atom. The van der Waals surface area contributed by atoms with Gasteiger partial charge in [0, 0.05) is 83.8 Å². The van der Waals surface area contributed by atoms with Gasteiger partial charge in [-0.2, -0.15) is 0 Å². The largest absolute Gasteiger partial charge is 0.300 e. The summed E-state index contributed by atoms with van der Waals surface area (Å²) in [6.07, 6.45) is 18.0. The summed E-state index contributed by atoms with van der Waals surface area (Å²) < 4.78 is 0. The standard InChI is InChI=1S/C8H15NO.C8H13NO.C7H14N2O.C7H13NO.C7H11NO.C7H13N.C6H12N2O.2C6H11NOS/c2*1-7(10)8-5-3-4-6-9(8)2;1-6(10)7-4-5-8(2)9(7)3;2*1-6(9)7-4-3-5-8(7)2;1-6(2)7-4-5-8(7)3;1-5(9)6-3-4-7-8(6)2;1-5(8)6-3-9-4-7(6)2;1-5(8)6-7(2)3-4-9-6/h8H,3-6H2,1-2H3;3-4,8H,5-6H2,1-2H3;7H,4-5H2,1-3H3;7H,3-5H2,1-2H3;3-4,7H,5H2,1-2H3;7H,1,4-5H2,2-3H3;6-7H,3-4H2,1-2H3;2*6H,3-4H2,1-2H3. The Morgan fingerprint density at radius 3 is 1.19 bits per heavy atom. The molecule has 0 aromatic heterocycles. The van der Waals surface area contributed by atoms with Gasteiger partial charge in [0.05, 0.1) is 42.3 Å². The van der Waals surface area contributed by atoms with Gasteiger partial charge in [0.1, 0.15) is 40.1 Å². The molecule has 0 aromatic rings. The number of thioether (sulfide) groups is 2. The summed E-state index contributed by atoms with van der Waals surface area (Å²) in [5.74, 6) is 5.31. The van der Waals surface area contributed by atoms with Crippen molar-refractivity contribution < 1.29 is 38.4 Å². The minimum absolute atomic E-state index is 0.0463. The molecule has 0 spiro atoms. The van der Waals surface area contributed by atoms with Gasteiger partial charge in [0.25, 0.3) is 0 Å². The van der Waals surface area contributed by atoms with Crippen LogP contribution in [0.3, 0.4) is 0 Å². The Morgan fingerprint density at radius 2 is 0.964 bits per heavy atom. The molecule has 476 valence electrons. The molecule has 0 saturated carbocycles. The van der Waals surface area contributed by atoms with E-state index in [9.17, 15) is 38.4 Å². The normalized spacial score (nSPS) is 28.5. The molecule has 0 radical (unpaired) electrons. The molecular weight excluding hydrogens is 1090 g/mol. The third-order valence-corrected chi connectivity index (χ3v) is 19.1. The number of nitrogens with zero attached hydrogens (tertiary/aromatic N) is 10. The van der Waals surface area contributed by atoms with E-state index in [4.69, 9.17) is 0 Å². The van der Waals surface area contributed by atoms with Crippen LogP contribution in [0, 0.1) is 0 Å². The fourth-order valence-electron chi connectivity index (χ4n) is 10.9. The van der Waals surface area contributed by atoms with Gasteiger partial charge in [-0.15, -0.1) is 23.5 Å². The maximum atomic E-state index is 11.0. The summed E-state index contributed by atoms with van der Waals surface area (Å²) in [5.41, 5.74) is 4.37. The first-order valence-corrected chi connectivity index (χ1v) is 32.1. The zero-order chi connectivity index (χ0) is 63.3. The highest BCUT2D eigenvalue weighted by molar-refractivity contribution is 8.00. The van der Waals surface area contributed by atoms with Gasteiger partial charge in [-0.3, -0.25) is 78.1 Å². The van der Waals surface area contributed by atoms with E-state index in [0.717, 1.165) is 95.3 Å². The number of carbonyl (C=O) groups is 8. The van der Waals surface area contributed by atoms with Gasteiger partial charge in [-0.1, -0.05) is 42.9 Å². The van der Waals surface area contributed by atoms with Crippen molar-refractivity contribution in [3.63, 3.8) is 0 Å². The van der Waals surface area contributed by atoms with Crippen molar-refractivity contribution in [2.45, 2.75) is 174 Å². The Kier molecular flexibility index (Phi) is 38.5. The fraction of sp³-hybridized carbons (Fsp3) is 0.774. The summed E-state index contributed by atoms with van der Waals surface area (Å²) in [7, 11) is 20.0. The first kappa shape index (κ1) is 77.9. The average Bonchev–Trinajstić information content (AvgIpc) is 4.37. The molecule has 9 unspecified atom stereocenters. The van der Waals surface area contributed by atoms with Crippen LogP contribution in [0.2, 0.25) is 0 Å². The Bertz CT molecular complexity index is 1980. The minimum atomic E-state index is 0.0463. The van der Waals surface area contributed by atoms with Crippen molar-refractivity contribution in [2.75, 3.05) is 140 Å². The lowest BCUT2D eigenvalue weighted by molar-refractivity contribution is -0.124. The zero-order valence-corrected chi connectivity index (χ0v) is 56.5. The number of nitrogens with one attached hydrogen (secondary N) is 1. The molecule has 21 heteroatoms. The fourth-order valence-corrected chi connectivity index (χ4v) is 13.4. The van der Waals surface area contributed by atoms with Crippen molar-refractivity contribution in [3.8, 4) is 0 Å². The molecule has 7 saturated heterocycles. The number of hydrogen-bond donors (Lipinski definition) is 1. The van der Waals surface area contributed by atoms with Crippen LogP contribution in [0.25, 0.3) is 0 Å². The van der Waals surface area contributed by atoms with E-state index in [0.29, 0.717) is 23.4 Å². The number of hydrazine groups is 2. The van der Waals surface area contributed by atoms with Crippen LogP contribution in [0.5, 0.6) is 0 Å². The second kappa shape index (κ2) is 41.1. The van der Waals surface area contributed by atoms with E-state index < -0.39 is 0 Å². The lowest BCUT2D eigenvalue weighted by Crippen LogP contribution is -2.44. The molecule has 83 heavy (non-hydrogen) atoms. The maximum Gasteiger partial charge on any atom is 0.157 e. The monoisotopic (exact) mass is 1200 g/mol. The molecule has 9 aliphatic heterocycles. The van der Waals surface area contributed by atoms with Crippen molar-refractivity contribution in [1.29, 1.82) is 0 Å². The van der Waals surface area contributed by atoms with Crippen LogP contribution in [-0.2, 0) is 38.4 Å². The van der Waals surface area contributed by atoms with Crippen molar-refractivity contribution >= 4 is 69.8 Å². The minimum Gasteiger partial charge on any atom is -0.300 e. The molecule has 0 aliphatic carbocycles. The number of ketones is 8. The number of likely N-dealkylation sites (tertiary alicyclic amines) is 3. The number of carbonyl (C=O) groups excluding carboxylic acids is 8. The summed E-state index contributed by atoms with van der Waals surface area (Å²) in [6.45, 7) is 27.4. The second-order valence-corrected chi connectivity index (χ2v) is 25.9. The first-order chi connectivity index (χ1) is 38.8. The molecule has 9 aliphatic rings. The zero-order valence-electron chi connectivity index (χ0n) is 54.9. The molecule has 9 heterocycles. The maximum absolute atomic E-state index is 11.0. The number of likely N-dealkylation sites (N-methyl/N-ethyl adjacent to an activating group) is 9. The second-order valence-electron chi connectivity index (χ2n) is 23.7. The molecular formula is C62H113N11O8S2. The van der Waals surface area contributed by atoms with Gasteiger partial charge in [0.15, 0.2) is 11.6 Å². The number of Topliss-reactive ketones (excluding diaryl/α,β-unsaturated/α-hetero) is 8. The van der Waals surface area contributed by atoms with Gasteiger partial charge >= 0.3 is 0 Å². The molecule has 0 amide bonds. The Hall–Kier alpha value is -3.16. The van der Waals surface area contributed by atoms with Crippen LogP contribution < -0.4 is 5.43 Å². The number of rotatable bonds is 9. The Balaban J connectivity index is 0.000000467. The van der Waals surface area contributed by atoms with Crippen molar-refractivity contribution in [1.82, 2.24) is 54.8 Å². The molecule has 7 fully saturated rings. The van der Waals surface area contributed by atoms with Crippen LogP contribution in [0.15, 0.2) is 36.5 Å². The predicted molar refractivity (Wildman–Crippen MR) is 344 cm³/mol. The highest BCUT2D eigenvalue weighted by Gasteiger charge is 2.30. The smallest absolute Gasteiger partial charge is 0.157 e. The SMILES string of the molecule is C=C(C)C1CCN1C.CC(=O)C1C=CCN1C.CC(=O)C1CC=CCN1C.CC(=O)C1CCCCN1C.CC(=O)C1CCCN1C.CC(=O)C1CCN(C)N1C.CC(=O)C1CCNN1C.CC(=O)C1CSCN1C.CC(=O)C1SCCN1C. The molecule has 0 aromatic carbocycles. The van der Waals surface area contributed by atoms with E-state index in [1.165, 1.54) is 37.8 Å². The van der Waals surface area contributed by atoms with E-state index in [-0.39, 0.29) is 76.6 Å². The summed E-state index contributed by atoms with van der Waals surface area (Å²) in [6, 6.07) is 1.74. The predicted octanol–water partition coefficient (Wildman–Crippen LogP) is 5.35. The first-order valence-electron chi connectivity index (χ1n) is 29.9. The van der Waals surface area contributed by atoms with E-state index in [2.05, 4.69) is 72.5 Å². The topological polar surface area (TPSA) is 181 Å². The van der Waals surface area contributed by atoms with Crippen molar-refractivity contribution in [2.24, 2.45) is 0 Å². The lowest BCUT2D eigenvalue weighted by atomic mass is 9.98. The lowest BCUT2D eigenvalue weighted by Gasteiger charge is -2.38. The van der Waals surface area contributed by atoms with Crippen LogP contribution in [0.4, 0.5) is 0 Å². The molecule has 9 atom stereocenters.